The van der Waals surface area contributed by atoms with Crippen LogP contribution in [0.25, 0.3) is 11.1 Å². The minimum absolute atomic E-state index is 0.00841. The Morgan fingerprint density at radius 1 is 1.00 bits per heavy atom. The van der Waals surface area contributed by atoms with E-state index in [1.54, 1.807) is 13.0 Å². The second-order valence-electron chi connectivity index (χ2n) is 8.02. The van der Waals surface area contributed by atoms with Crippen LogP contribution in [0.4, 0.5) is 5.69 Å². The molecule has 0 radical (unpaired) electrons. The van der Waals surface area contributed by atoms with Gasteiger partial charge in [0.2, 0.25) is 0 Å². The fourth-order valence-corrected chi connectivity index (χ4v) is 4.86. The standard InChI is InChI=1S/C25H35NO4S/c1-6-9-14-26(15-10-7-2)22-16-20(25(27)28)17-23(31(29,30)8-3)24(22)21-13-11-12-18(4)19(21)5/h11-13,16-17H,6-10,14-15H2,1-5H3,(H,27,28). The summed E-state index contributed by atoms with van der Waals surface area (Å²) in [5.74, 6) is -1.20. The quantitative estimate of drug-likeness (QED) is 0.468. The molecule has 0 atom stereocenters. The van der Waals surface area contributed by atoms with Crippen LogP contribution >= 0.6 is 0 Å². The molecule has 5 nitrogen and oxygen atoms in total. The van der Waals surface area contributed by atoms with E-state index < -0.39 is 15.8 Å². The van der Waals surface area contributed by atoms with Crippen molar-refractivity contribution in [1.29, 1.82) is 0 Å². The number of unbranched alkanes of at least 4 members (excludes halogenated alkanes) is 2. The molecule has 0 aliphatic heterocycles. The van der Waals surface area contributed by atoms with Gasteiger partial charge in [-0.1, -0.05) is 51.8 Å². The van der Waals surface area contributed by atoms with Crippen LogP contribution in [-0.4, -0.2) is 38.3 Å². The summed E-state index contributed by atoms with van der Waals surface area (Å²) in [6.45, 7) is 11.3. The maximum atomic E-state index is 13.2. The number of hydrogen-bond acceptors (Lipinski definition) is 4. The minimum Gasteiger partial charge on any atom is -0.478 e. The average Bonchev–Trinajstić information content (AvgIpc) is 2.75. The smallest absolute Gasteiger partial charge is 0.335 e. The van der Waals surface area contributed by atoms with Gasteiger partial charge in [-0.2, -0.15) is 0 Å². The molecule has 0 aliphatic rings. The van der Waals surface area contributed by atoms with Crippen LogP contribution in [0.2, 0.25) is 0 Å². The molecule has 1 N–H and O–H groups in total. The maximum absolute atomic E-state index is 13.2. The lowest BCUT2D eigenvalue weighted by atomic mass is 9.94. The van der Waals surface area contributed by atoms with E-state index in [1.807, 2.05) is 32.0 Å². The molecular weight excluding hydrogens is 410 g/mol. The molecule has 2 rings (SSSR count). The summed E-state index contributed by atoms with van der Waals surface area (Å²) in [4.78, 5) is 14.2. The van der Waals surface area contributed by atoms with Gasteiger partial charge in [0.05, 0.1) is 16.2 Å². The lowest BCUT2D eigenvalue weighted by molar-refractivity contribution is 0.0696. The van der Waals surface area contributed by atoms with Crippen molar-refractivity contribution in [2.75, 3.05) is 23.7 Å². The fourth-order valence-electron chi connectivity index (χ4n) is 3.72. The molecule has 0 aromatic heterocycles. The van der Waals surface area contributed by atoms with Crippen LogP contribution in [-0.2, 0) is 9.84 Å². The van der Waals surface area contributed by atoms with Gasteiger partial charge in [0.15, 0.2) is 9.84 Å². The highest BCUT2D eigenvalue weighted by Gasteiger charge is 2.27. The Bertz CT molecular complexity index is 1020. The van der Waals surface area contributed by atoms with Crippen LogP contribution in [0.3, 0.4) is 0 Å². The first-order valence-electron chi connectivity index (χ1n) is 11.1. The summed E-state index contributed by atoms with van der Waals surface area (Å²) in [5, 5.41) is 9.75. The van der Waals surface area contributed by atoms with Crippen molar-refractivity contribution < 1.29 is 18.3 Å². The van der Waals surface area contributed by atoms with E-state index in [2.05, 4.69) is 18.7 Å². The van der Waals surface area contributed by atoms with Crippen LogP contribution < -0.4 is 4.90 Å². The molecule has 2 aromatic rings. The van der Waals surface area contributed by atoms with Gasteiger partial charge in [-0.15, -0.1) is 0 Å². The van der Waals surface area contributed by atoms with Gasteiger partial charge >= 0.3 is 5.97 Å². The molecule has 0 aliphatic carbocycles. The normalized spacial score (nSPS) is 11.5. The predicted molar refractivity (Wildman–Crippen MR) is 128 cm³/mol. The summed E-state index contributed by atoms with van der Waals surface area (Å²) < 4.78 is 26.3. The maximum Gasteiger partial charge on any atom is 0.335 e. The number of benzene rings is 2. The summed E-state index contributed by atoms with van der Waals surface area (Å²) in [7, 11) is -3.65. The number of carboxylic acids is 1. The Morgan fingerprint density at radius 2 is 1.61 bits per heavy atom. The first-order valence-corrected chi connectivity index (χ1v) is 12.8. The zero-order valence-electron chi connectivity index (χ0n) is 19.4. The highest BCUT2D eigenvalue weighted by Crippen LogP contribution is 2.41. The number of anilines is 1. The molecule has 31 heavy (non-hydrogen) atoms. The number of nitrogens with zero attached hydrogens (tertiary/aromatic N) is 1. The zero-order valence-corrected chi connectivity index (χ0v) is 20.2. The van der Waals surface area contributed by atoms with Gasteiger partial charge < -0.3 is 10.0 Å². The van der Waals surface area contributed by atoms with Crippen molar-refractivity contribution in [3.8, 4) is 11.1 Å². The molecule has 6 heteroatoms. The van der Waals surface area contributed by atoms with Crippen LogP contribution in [0.1, 0.15) is 67.9 Å². The highest BCUT2D eigenvalue weighted by atomic mass is 32.2. The molecular formula is C25H35NO4S. The Labute approximate surface area is 187 Å². The highest BCUT2D eigenvalue weighted by molar-refractivity contribution is 7.91. The lowest BCUT2D eigenvalue weighted by Crippen LogP contribution is -2.27. The number of aromatic carboxylic acids is 1. The van der Waals surface area contributed by atoms with Crippen molar-refractivity contribution in [1.82, 2.24) is 0 Å². The lowest BCUT2D eigenvalue weighted by Gasteiger charge is -2.29. The molecule has 0 unspecified atom stereocenters. The number of rotatable bonds is 11. The topological polar surface area (TPSA) is 74.7 Å². The third-order valence-electron chi connectivity index (χ3n) is 5.82. The van der Waals surface area contributed by atoms with Gasteiger partial charge in [0.25, 0.3) is 0 Å². The number of carboxylic acid groups (broad SMARTS) is 1. The molecule has 0 saturated carbocycles. The molecule has 0 amide bonds. The summed E-state index contributed by atoms with van der Waals surface area (Å²) in [6.07, 6.45) is 3.90. The second-order valence-corrected chi connectivity index (χ2v) is 10.3. The van der Waals surface area contributed by atoms with Crippen molar-refractivity contribution in [3.63, 3.8) is 0 Å². The Hall–Kier alpha value is -2.34. The Morgan fingerprint density at radius 3 is 2.13 bits per heavy atom. The van der Waals surface area contributed by atoms with Crippen molar-refractivity contribution >= 4 is 21.5 Å². The third-order valence-corrected chi connectivity index (χ3v) is 7.57. The molecule has 170 valence electrons. The molecule has 0 heterocycles. The molecule has 0 bridgehead atoms. The summed E-state index contributed by atoms with van der Waals surface area (Å²) in [5.41, 5.74) is 4.25. The molecule has 2 aromatic carbocycles. The zero-order chi connectivity index (χ0) is 23.2. The summed E-state index contributed by atoms with van der Waals surface area (Å²) in [6, 6.07) is 8.86. The van der Waals surface area contributed by atoms with E-state index in [0.29, 0.717) is 11.3 Å². The number of hydrogen-bond donors (Lipinski definition) is 1. The van der Waals surface area contributed by atoms with E-state index in [1.165, 1.54) is 6.07 Å². The molecule has 0 saturated heterocycles. The first-order chi connectivity index (χ1) is 14.7. The van der Waals surface area contributed by atoms with Crippen LogP contribution in [0.5, 0.6) is 0 Å². The van der Waals surface area contributed by atoms with Crippen molar-refractivity contribution in [2.24, 2.45) is 0 Å². The monoisotopic (exact) mass is 445 g/mol. The van der Waals surface area contributed by atoms with Gasteiger partial charge in [0, 0.05) is 24.3 Å². The van der Waals surface area contributed by atoms with Crippen molar-refractivity contribution in [2.45, 2.75) is 65.2 Å². The minimum atomic E-state index is -3.65. The third kappa shape index (κ3) is 5.67. The number of carbonyl (C=O) groups is 1. The SMILES string of the molecule is CCCCN(CCCC)c1cc(C(=O)O)cc(S(=O)(=O)CC)c1-c1cccc(C)c1C. The van der Waals surface area contributed by atoms with Gasteiger partial charge in [-0.25, -0.2) is 13.2 Å². The van der Waals surface area contributed by atoms with Gasteiger partial charge in [-0.3, -0.25) is 0 Å². The largest absolute Gasteiger partial charge is 0.478 e. The second kappa shape index (κ2) is 10.8. The van der Waals surface area contributed by atoms with Crippen LogP contribution in [0.15, 0.2) is 35.2 Å². The Kier molecular flexibility index (Phi) is 8.69. The van der Waals surface area contributed by atoms with E-state index >= 15 is 0 Å². The average molecular weight is 446 g/mol. The molecule has 0 spiro atoms. The Balaban J connectivity index is 2.97. The molecule has 0 fully saturated rings. The van der Waals surface area contributed by atoms with E-state index in [9.17, 15) is 18.3 Å². The van der Waals surface area contributed by atoms with Crippen LogP contribution in [0, 0.1) is 13.8 Å². The number of aryl methyl sites for hydroxylation is 1. The van der Waals surface area contributed by atoms with E-state index in [-0.39, 0.29) is 16.2 Å². The van der Waals surface area contributed by atoms with E-state index in [0.717, 1.165) is 55.5 Å². The van der Waals surface area contributed by atoms with Gasteiger partial charge in [0.1, 0.15) is 0 Å². The summed E-state index contributed by atoms with van der Waals surface area (Å²) >= 11 is 0. The fraction of sp³-hybridized carbons (Fsp3) is 0.480. The first kappa shape index (κ1) is 24.9. The predicted octanol–water partition coefficient (Wildman–Crippen LogP) is 5.87. The number of sulfone groups is 1. The van der Waals surface area contributed by atoms with E-state index in [4.69, 9.17) is 0 Å². The van der Waals surface area contributed by atoms with Crippen molar-refractivity contribution in [3.05, 3.63) is 47.0 Å². The van der Waals surface area contributed by atoms with Gasteiger partial charge in [-0.05, 0) is 55.5 Å².